The second-order valence-corrected chi connectivity index (χ2v) is 5.02. The highest BCUT2D eigenvalue weighted by atomic mass is 16.5. The molecule has 0 saturated carbocycles. The number of nitrogens with zero attached hydrogens (tertiary/aromatic N) is 2. The van der Waals surface area contributed by atoms with Crippen molar-refractivity contribution in [2.24, 2.45) is 5.92 Å². The van der Waals surface area contributed by atoms with Gasteiger partial charge in [-0.15, -0.1) is 0 Å². The van der Waals surface area contributed by atoms with Crippen molar-refractivity contribution in [1.82, 2.24) is 15.5 Å². The summed E-state index contributed by atoms with van der Waals surface area (Å²) in [6.45, 7) is 3.03. The molecule has 3 heterocycles. The number of hydrogen-bond acceptors (Lipinski definition) is 6. The van der Waals surface area contributed by atoms with Crippen molar-refractivity contribution < 1.29 is 14.0 Å². The Morgan fingerprint density at radius 2 is 2.22 bits per heavy atom. The van der Waals surface area contributed by atoms with Gasteiger partial charge in [0, 0.05) is 25.7 Å². The number of aromatic nitrogens is 2. The maximum Gasteiger partial charge on any atom is 0.233 e. The fourth-order valence-corrected chi connectivity index (χ4v) is 2.59. The summed E-state index contributed by atoms with van der Waals surface area (Å²) in [4.78, 5) is 4.50. The van der Waals surface area contributed by atoms with Crippen molar-refractivity contribution in [3.8, 4) is 0 Å². The molecule has 1 aromatic heterocycles. The predicted octanol–water partition coefficient (Wildman–Crippen LogP) is 0.350. The predicted molar refractivity (Wildman–Crippen MR) is 63.3 cm³/mol. The monoisotopic (exact) mass is 253 g/mol. The largest absolute Gasteiger partial charge is 0.381 e. The Morgan fingerprint density at radius 3 is 3.00 bits per heavy atom. The minimum absolute atomic E-state index is 0.177. The molecule has 0 aliphatic carbocycles. The van der Waals surface area contributed by atoms with Crippen molar-refractivity contribution in [2.75, 3.05) is 33.5 Å². The van der Waals surface area contributed by atoms with Gasteiger partial charge in [0.05, 0.1) is 19.1 Å². The van der Waals surface area contributed by atoms with Gasteiger partial charge < -0.3 is 19.3 Å². The summed E-state index contributed by atoms with van der Waals surface area (Å²) < 4.78 is 16.2. The SMILES string of the molecule is CNC1COCC1c1nc(CC2CCOC2)no1. The maximum atomic E-state index is 5.45. The molecule has 3 unspecified atom stereocenters. The van der Waals surface area contributed by atoms with Crippen LogP contribution in [0.3, 0.4) is 0 Å². The van der Waals surface area contributed by atoms with Crippen molar-refractivity contribution in [1.29, 1.82) is 0 Å². The number of hydrogen-bond donors (Lipinski definition) is 1. The smallest absolute Gasteiger partial charge is 0.233 e. The van der Waals surface area contributed by atoms with Crippen LogP contribution in [0.25, 0.3) is 0 Å². The van der Waals surface area contributed by atoms with Crippen molar-refractivity contribution in [3.63, 3.8) is 0 Å². The summed E-state index contributed by atoms with van der Waals surface area (Å²) in [6.07, 6.45) is 1.94. The zero-order valence-corrected chi connectivity index (χ0v) is 10.6. The molecule has 0 spiro atoms. The van der Waals surface area contributed by atoms with Crippen LogP contribution >= 0.6 is 0 Å². The number of nitrogens with one attached hydrogen (secondary N) is 1. The second-order valence-electron chi connectivity index (χ2n) is 5.02. The lowest BCUT2D eigenvalue weighted by atomic mass is 10.0. The molecule has 0 aromatic carbocycles. The first-order valence-corrected chi connectivity index (χ1v) is 6.52. The summed E-state index contributed by atoms with van der Waals surface area (Å²) in [6, 6.07) is 0.271. The van der Waals surface area contributed by atoms with E-state index in [2.05, 4.69) is 15.5 Å². The Labute approximate surface area is 106 Å². The van der Waals surface area contributed by atoms with Gasteiger partial charge in [-0.2, -0.15) is 4.98 Å². The van der Waals surface area contributed by atoms with E-state index in [1.807, 2.05) is 7.05 Å². The first-order chi connectivity index (χ1) is 8.86. The number of rotatable bonds is 4. The molecule has 0 amide bonds. The summed E-state index contributed by atoms with van der Waals surface area (Å²) in [5.74, 6) is 2.20. The third-order valence-corrected chi connectivity index (χ3v) is 3.75. The zero-order valence-electron chi connectivity index (χ0n) is 10.6. The molecular weight excluding hydrogens is 234 g/mol. The quantitative estimate of drug-likeness (QED) is 0.835. The Hall–Kier alpha value is -0.980. The second kappa shape index (κ2) is 5.34. The normalized spacial score (nSPS) is 32.2. The van der Waals surface area contributed by atoms with Crippen LogP contribution in [0.5, 0.6) is 0 Å². The molecule has 1 N–H and O–H groups in total. The van der Waals surface area contributed by atoms with Gasteiger partial charge in [0.2, 0.25) is 5.89 Å². The van der Waals surface area contributed by atoms with Gasteiger partial charge in [-0.05, 0) is 19.4 Å². The highest BCUT2D eigenvalue weighted by Crippen LogP contribution is 2.25. The molecule has 2 saturated heterocycles. The molecule has 6 nitrogen and oxygen atoms in total. The van der Waals surface area contributed by atoms with Gasteiger partial charge in [-0.25, -0.2) is 0 Å². The summed E-state index contributed by atoms with van der Waals surface area (Å²) in [5, 5.41) is 7.29. The summed E-state index contributed by atoms with van der Waals surface area (Å²) >= 11 is 0. The number of ether oxygens (including phenoxy) is 2. The van der Waals surface area contributed by atoms with Gasteiger partial charge in [-0.3, -0.25) is 0 Å². The molecule has 3 atom stereocenters. The zero-order chi connectivity index (χ0) is 12.4. The fourth-order valence-electron chi connectivity index (χ4n) is 2.59. The minimum atomic E-state index is 0.177. The van der Waals surface area contributed by atoms with Crippen molar-refractivity contribution in [3.05, 3.63) is 11.7 Å². The van der Waals surface area contributed by atoms with Crippen molar-refractivity contribution >= 4 is 0 Å². The summed E-state index contributed by atoms with van der Waals surface area (Å²) in [5.41, 5.74) is 0. The highest BCUT2D eigenvalue weighted by Gasteiger charge is 2.33. The van der Waals surface area contributed by atoms with Gasteiger partial charge in [-0.1, -0.05) is 5.16 Å². The van der Waals surface area contributed by atoms with Crippen molar-refractivity contribution in [2.45, 2.75) is 24.8 Å². The van der Waals surface area contributed by atoms with Crippen LogP contribution in [0.1, 0.15) is 24.1 Å². The lowest BCUT2D eigenvalue weighted by molar-refractivity contribution is 0.185. The van der Waals surface area contributed by atoms with Crippen LogP contribution in [-0.4, -0.2) is 49.7 Å². The van der Waals surface area contributed by atoms with Crippen LogP contribution in [0, 0.1) is 5.92 Å². The molecular formula is C12H19N3O3. The van der Waals surface area contributed by atoms with E-state index in [9.17, 15) is 0 Å². The van der Waals surface area contributed by atoms with E-state index in [-0.39, 0.29) is 12.0 Å². The fraction of sp³-hybridized carbons (Fsp3) is 0.833. The molecule has 0 bridgehead atoms. The van der Waals surface area contributed by atoms with Gasteiger partial charge in [0.1, 0.15) is 0 Å². The van der Waals surface area contributed by atoms with Gasteiger partial charge in [0.25, 0.3) is 0 Å². The van der Waals surface area contributed by atoms with Crippen LogP contribution in [0.2, 0.25) is 0 Å². The van der Waals surface area contributed by atoms with Crippen LogP contribution in [0.15, 0.2) is 4.52 Å². The van der Waals surface area contributed by atoms with E-state index in [1.165, 1.54) is 0 Å². The number of likely N-dealkylation sites (N-methyl/N-ethyl adjacent to an activating group) is 1. The Balaban J connectivity index is 1.65. The van der Waals surface area contributed by atoms with Gasteiger partial charge >= 0.3 is 0 Å². The van der Waals surface area contributed by atoms with Crippen LogP contribution in [-0.2, 0) is 15.9 Å². The first kappa shape index (κ1) is 12.1. The maximum absolute atomic E-state index is 5.45. The summed E-state index contributed by atoms with van der Waals surface area (Å²) in [7, 11) is 1.93. The van der Waals surface area contributed by atoms with E-state index >= 15 is 0 Å². The Kier molecular flexibility index (Phi) is 3.58. The molecule has 0 radical (unpaired) electrons. The minimum Gasteiger partial charge on any atom is -0.381 e. The van der Waals surface area contributed by atoms with E-state index in [0.717, 1.165) is 31.9 Å². The molecule has 18 heavy (non-hydrogen) atoms. The molecule has 6 heteroatoms. The standard InChI is InChI=1S/C12H19N3O3/c1-13-10-7-17-6-9(10)12-14-11(15-18-12)4-8-2-3-16-5-8/h8-10,13H,2-7H2,1H3. The molecule has 2 aliphatic rings. The third kappa shape index (κ3) is 2.41. The molecule has 2 aliphatic heterocycles. The van der Waals surface area contributed by atoms with E-state index in [4.69, 9.17) is 14.0 Å². The topological polar surface area (TPSA) is 69.4 Å². The molecule has 2 fully saturated rings. The van der Waals surface area contributed by atoms with Crippen LogP contribution < -0.4 is 5.32 Å². The average Bonchev–Trinajstić information content (AvgIpc) is 3.09. The molecule has 100 valence electrons. The lowest BCUT2D eigenvalue weighted by Crippen LogP contribution is -2.31. The Bertz CT molecular complexity index is 390. The van der Waals surface area contributed by atoms with Gasteiger partial charge in [0.15, 0.2) is 5.82 Å². The van der Waals surface area contributed by atoms with E-state index < -0.39 is 0 Å². The highest BCUT2D eigenvalue weighted by molar-refractivity contribution is 5.02. The van der Waals surface area contributed by atoms with E-state index in [0.29, 0.717) is 25.0 Å². The first-order valence-electron chi connectivity index (χ1n) is 6.52. The Morgan fingerprint density at radius 1 is 1.28 bits per heavy atom. The lowest BCUT2D eigenvalue weighted by Gasteiger charge is -2.11. The molecule has 1 aromatic rings. The average molecular weight is 253 g/mol. The molecule has 3 rings (SSSR count). The van der Waals surface area contributed by atoms with Crippen LogP contribution in [0.4, 0.5) is 0 Å². The third-order valence-electron chi connectivity index (χ3n) is 3.75. The van der Waals surface area contributed by atoms with E-state index in [1.54, 1.807) is 0 Å².